The number of hydrogen-bond acceptors (Lipinski definition) is 5. The fraction of sp³-hybridized carbons (Fsp3) is 0.350. The molecule has 7 nitrogen and oxygen atoms in total. The Hall–Kier alpha value is -2.58. The predicted molar refractivity (Wildman–Crippen MR) is 105 cm³/mol. The summed E-state index contributed by atoms with van der Waals surface area (Å²) in [5, 5.41) is 2.76. The second-order valence-electron chi connectivity index (χ2n) is 6.47. The summed E-state index contributed by atoms with van der Waals surface area (Å²) in [6.07, 6.45) is 1.81. The Balaban J connectivity index is 1.51. The molecule has 1 N–H and O–H groups in total. The molecule has 0 unspecified atom stereocenters. The van der Waals surface area contributed by atoms with Crippen LogP contribution in [0.2, 0.25) is 0 Å². The average molecular weight is 404 g/mol. The molecule has 8 heteroatoms. The molecule has 1 aliphatic rings. The number of carbonyl (C=O) groups excluding carboxylic acids is 1. The molecule has 2 aromatic rings. The number of methoxy groups -OCH3 is 1. The summed E-state index contributed by atoms with van der Waals surface area (Å²) in [6.45, 7) is 1.30. The molecule has 1 saturated heterocycles. The van der Waals surface area contributed by atoms with Crippen molar-refractivity contribution in [1.82, 2.24) is 9.62 Å². The third kappa shape index (κ3) is 4.82. The molecular formula is C20H24N2O5S. The Morgan fingerprint density at radius 2 is 1.68 bits per heavy atom. The van der Waals surface area contributed by atoms with Crippen LogP contribution in [0.3, 0.4) is 0 Å². The number of para-hydroxylation sites is 2. The lowest BCUT2D eigenvalue weighted by Gasteiger charge is -2.15. The normalized spacial score (nSPS) is 14.6. The van der Waals surface area contributed by atoms with Gasteiger partial charge in [-0.3, -0.25) is 4.79 Å². The van der Waals surface area contributed by atoms with E-state index in [2.05, 4.69) is 5.32 Å². The molecule has 0 saturated carbocycles. The Labute approximate surface area is 165 Å². The van der Waals surface area contributed by atoms with E-state index < -0.39 is 10.0 Å². The van der Waals surface area contributed by atoms with Crippen molar-refractivity contribution in [2.75, 3.05) is 26.8 Å². The fourth-order valence-corrected chi connectivity index (χ4v) is 4.51. The highest BCUT2D eigenvalue weighted by molar-refractivity contribution is 7.89. The minimum absolute atomic E-state index is 0.137. The molecule has 0 radical (unpaired) electrons. The van der Waals surface area contributed by atoms with E-state index in [4.69, 9.17) is 9.47 Å². The van der Waals surface area contributed by atoms with Gasteiger partial charge in [-0.1, -0.05) is 24.3 Å². The van der Waals surface area contributed by atoms with Gasteiger partial charge in [0.05, 0.1) is 12.0 Å². The lowest BCUT2D eigenvalue weighted by molar-refractivity contribution is -0.123. The van der Waals surface area contributed by atoms with E-state index in [1.165, 1.54) is 11.4 Å². The highest BCUT2D eigenvalue weighted by atomic mass is 32.2. The van der Waals surface area contributed by atoms with Gasteiger partial charge in [0.15, 0.2) is 18.1 Å². The Morgan fingerprint density at radius 1 is 1.04 bits per heavy atom. The topological polar surface area (TPSA) is 84.9 Å². The first-order valence-electron chi connectivity index (χ1n) is 9.12. The summed E-state index contributed by atoms with van der Waals surface area (Å²) < 4.78 is 37.2. The van der Waals surface area contributed by atoms with Crippen molar-refractivity contribution >= 4 is 15.9 Å². The van der Waals surface area contributed by atoms with Gasteiger partial charge < -0.3 is 14.8 Å². The molecule has 1 aliphatic heterocycles. The maximum absolute atomic E-state index is 12.5. The van der Waals surface area contributed by atoms with Gasteiger partial charge >= 0.3 is 0 Å². The standard InChI is InChI=1S/C20H24N2O5S/c1-26-18-6-2-3-7-19(18)27-15-20(23)21-14-16-8-10-17(11-9-16)28(24,25)22-12-4-5-13-22/h2-3,6-11H,4-5,12-15H2,1H3,(H,21,23). The van der Waals surface area contributed by atoms with E-state index in [0.717, 1.165) is 18.4 Å². The molecule has 2 aromatic carbocycles. The number of benzene rings is 2. The van der Waals surface area contributed by atoms with Crippen LogP contribution in [0.4, 0.5) is 0 Å². The van der Waals surface area contributed by atoms with Crippen LogP contribution in [0.1, 0.15) is 18.4 Å². The molecule has 1 amide bonds. The zero-order chi connectivity index (χ0) is 20.0. The number of rotatable bonds is 8. The number of ether oxygens (including phenoxy) is 2. The molecule has 0 spiro atoms. The van der Waals surface area contributed by atoms with Crippen LogP contribution in [-0.4, -0.2) is 45.4 Å². The smallest absolute Gasteiger partial charge is 0.258 e. The van der Waals surface area contributed by atoms with Gasteiger partial charge in [0.2, 0.25) is 10.0 Å². The number of amides is 1. The summed E-state index contributed by atoms with van der Waals surface area (Å²) in [6, 6.07) is 13.7. The summed E-state index contributed by atoms with van der Waals surface area (Å²) in [5.41, 5.74) is 0.811. The monoisotopic (exact) mass is 404 g/mol. The first-order chi connectivity index (χ1) is 13.5. The van der Waals surface area contributed by atoms with Gasteiger partial charge in [0, 0.05) is 19.6 Å². The Kier molecular flexibility index (Phi) is 6.53. The van der Waals surface area contributed by atoms with E-state index in [9.17, 15) is 13.2 Å². The molecular weight excluding hydrogens is 380 g/mol. The molecule has 150 valence electrons. The van der Waals surface area contributed by atoms with Gasteiger partial charge in [-0.25, -0.2) is 8.42 Å². The molecule has 1 heterocycles. The van der Waals surface area contributed by atoms with Crippen molar-refractivity contribution in [1.29, 1.82) is 0 Å². The summed E-state index contributed by atoms with van der Waals surface area (Å²) >= 11 is 0. The molecule has 28 heavy (non-hydrogen) atoms. The predicted octanol–water partition coefficient (Wildman–Crippen LogP) is 2.17. The van der Waals surface area contributed by atoms with E-state index in [-0.39, 0.29) is 24.0 Å². The molecule has 0 bridgehead atoms. The Bertz CT molecular complexity index is 906. The third-order valence-corrected chi connectivity index (χ3v) is 6.46. The maximum Gasteiger partial charge on any atom is 0.258 e. The zero-order valence-electron chi connectivity index (χ0n) is 15.8. The second kappa shape index (κ2) is 9.07. The fourth-order valence-electron chi connectivity index (χ4n) is 2.99. The van der Waals surface area contributed by atoms with Crippen molar-refractivity contribution in [3.05, 3.63) is 54.1 Å². The van der Waals surface area contributed by atoms with Gasteiger partial charge in [0.1, 0.15) is 0 Å². The maximum atomic E-state index is 12.5. The third-order valence-electron chi connectivity index (χ3n) is 4.54. The number of hydrogen-bond donors (Lipinski definition) is 1. The van der Waals surface area contributed by atoms with Crippen LogP contribution in [0.25, 0.3) is 0 Å². The van der Waals surface area contributed by atoms with E-state index in [1.807, 2.05) is 6.07 Å². The number of carbonyl (C=O) groups is 1. The van der Waals surface area contributed by atoms with Gasteiger partial charge in [0.25, 0.3) is 5.91 Å². The van der Waals surface area contributed by atoms with Crippen molar-refractivity contribution in [2.24, 2.45) is 0 Å². The SMILES string of the molecule is COc1ccccc1OCC(=O)NCc1ccc(S(=O)(=O)N2CCCC2)cc1. The van der Waals surface area contributed by atoms with Gasteiger partial charge in [-0.15, -0.1) is 0 Å². The average Bonchev–Trinajstić information content (AvgIpc) is 3.27. The quantitative estimate of drug-likeness (QED) is 0.729. The minimum Gasteiger partial charge on any atom is -0.493 e. The lowest BCUT2D eigenvalue weighted by atomic mass is 10.2. The van der Waals surface area contributed by atoms with E-state index in [0.29, 0.717) is 24.6 Å². The van der Waals surface area contributed by atoms with Crippen molar-refractivity contribution < 1.29 is 22.7 Å². The van der Waals surface area contributed by atoms with Crippen LogP contribution in [0.15, 0.2) is 53.4 Å². The van der Waals surface area contributed by atoms with Crippen LogP contribution >= 0.6 is 0 Å². The molecule has 3 rings (SSSR count). The highest BCUT2D eigenvalue weighted by Gasteiger charge is 2.26. The van der Waals surface area contributed by atoms with Gasteiger partial charge in [-0.05, 0) is 42.7 Å². The number of nitrogens with one attached hydrogen (secondary N) is 1. The lowest BCUT2D eigenvalue weighted by Crippen LogP contribution is -2.29. The van der Waals surface area contributed by atoms with E-state index in [1.54, 1.807) is 42.5 Å². The zero-order valence-corrected chi connectivity index (χ0v) is 16.6. The number of nitrogens with zero attached hydrogens (tertiary/aromatic N) is 1. The number of sulfonamides is 1. The summed E-state index contributed by atoms with van der Waals surface area (Å²) in [7, 11) is -1.88. The highest BCUT2D eigenvalue weighted by Crippen LogP contribution is 2.25. The molecule has 0 aliphatic carbocycles. The van der Waals surface area contributed by atoms with Crippen LogP contribution in [0, 0.1) is 0 Å². The first-order valence-corrected chi connectivity index (χ1v) is 10.6. The van der Waals surface area contributed by atoms with Crippen LogP contribution in [-0.2, 0) is 21.4 Å². The van der Waals surface area contributed by atoms with Gasteiger partial charge in [-0.2, -0.15) is 4.31 Å². The Morgan fingerprint density at radius 3 is 2.32 bits per heavy atom. The van der Waals surface area contributed by atoms with Crippen LogP contribution < -0.4 is 14.8 Å². The summed E-state index contributed by atoms with van der Waals surface area (Å²) in [5.74, 6) is 0.779. The van der Waals surface area contributed by atoms with Crippen LogP contribution in [0.5, 0.6) is 11.5 Å². The molecule has 0 aromatic heterocycles. The summed E-state index contributed by atoms with van der Waals surface area (Å²) in [4.78, 5) is 12.3. The largest absolute Gasteiger partial charge is 0.493 e. The van der Waals surface area contributed by atoms with Crippen molar-refractivity contribution in [2.45, 2.75) is 24.3 Å². The molecule has 1 fully saturated rings. The first kappa shape index (κ1) is 20.2. The minimum atomic E-state index is -3.42. The second-order valence-corrected chi connectivity index (χ2v) is 8.41. The van der Waals surface area contributed by atoms with Crippen molar-refractivity contribution in [3.63, 3.8) is 0 Å². The van der Waals surface area contributed by atoms with Crippen molar-refractivity contribution in [3.8, 4) is 11.5 Å². The molecule has 0 atom stereocenters. The van der Waals surface area contributed by atoms with E-state index >= 15 is 0 Å².